The Morgan fingerprint density at radius 2 is 2.24 bits per heavy atom. The summed E-state index contributed by atoms with van der Waals surface area (Å²) in [7, 11) is 0. The molecule has 1 aromatic carbocycles. The van der Waals surface area contributed by atoms with Crippen LogP contribution < -0.4 is 5.32 Å². The van der Waals surface area contributed by atoms with Crippen LogP contribution in [0.1, 0.15) is 6.92 Å². The molecule has 0 aliphatic rings. The monoisotopic (exact) mass is 303 g/mol. The molecule has 1 amide bonds. The van der Waals surface area contributed by atoms with E-state index in [9.17, 15) is 9.90 Å². The second-order valence-corrected chi connectivity index (χ2v) is 5.38. The maximum absolute atomic E-state index is 11.8. The summed E-state index contributed by atoms with van der Waals surface area (Å²) in [6.45, 7) is 1.93. The number of nitrogens with one attached hydrogen (secondary N) is 1. The number of hydrogen-bond donors (Lipinski definition) is 2. The zero-order valence-electron chi connectivity index (χ0n) is 11.2. The fourth-order valence-electron chi connectivity index (χ4n) is 1.50. The SMILES string of the molecule is C#CCNC(=O)C(C)Sc1nnnn1-c1ccc(O)cc1. The van der Waals surface area contributed by atoms with Crippen molar-refractivity contribution >= 4 is 17.7 Å². The summed E-state index contributed by atoms with van der Waals surface area (Å²) in [4.78, 5) is 11.8. The van der Waals surface area contributed by atoms with Crippen molar-refractivity contribution in [3.63, 3.8) is 0 Å². The van der Waals surface area contributed by atoms with Gasteiger partial charge in [-0.05, 0) is 41.6 Å². The number of carbonyl (C=O) groups excluding carboxylic acids is 1. The summed E-state index contributed by atoms with van der Waals surface area (Å²) < 4.78 is 1.50. The molecule has 0 aliphatic heterocycles. The minimum absolute atomic E-state index is 0.156. The van der Waals surface area contributed by atoms with Gasteiger partial charge in [0.25, 0.3) is 0 Å². The van der Waals surface area contributed by atoms with Gasteiger partial charge in [-0.2, -0.15) is 4.68 Å². The van der Waals surface area contributed by atoms with E-state index in [1.54, 1.807) is 19.1 Å². The van der Waals surface area contributed by atoms with E-state index in [2.05, 4.69) is 26.8 Å². The highest BCUT2D eigenvalue weighted by Crippen LogP contribution is 2.23. The highest BCUT2D eigenvalue weighted by Gasteiger charge is 2.18. The van der Waals surface area contributed by atoms with E-state index in [-0.39, 0.29) is 23.5 Å². The minimum Gasteiger partial charge on any atom is -0.508 e. The number of terminal acetylenes is 1. The normalized spacial score (nSPS) is 11.6. The lowest BCUT2D eigenvalue weighted by atomic mass is 10.3. The molecule has 1 unspecified atom stereocenters. The zero-order valence-corrected chi connectivity index (χ0v) is 12.0. The lowest BCUT2D eigenvalue weighted by Gasteiger charge is -2.10. The van der Waals surface area contributed by atoms with Crippen LogP contribution in [0.3, 0.4) is 0 Å². The molecule has 0 fully saturated rings. The predicted molar refractivity (Wildman–Crippen MR) is 78.0 cm³/mol. The zero-order chi connectivity index (χ0) is 15.2. The van der Waals surface area contributed by atoms with E-state index in [4.69, 9.17) is 6.42 Å². The number of phenolic OH excluding ortho intramolecular Hbond substituents is 1. The van der Waals surface area contributed by atoms with Crippen LogP contribution in [0.5, 0.6) is 5.75 Å². The van der Waals surface area contributed by atoms with Crippen molar-refractivity contribution in [3.05, 3.63) is 24.3 Å². The molecule has 2 rings (SSSR count). The van der Waals surface area contributed by atoms with Crippen molar-refractivity contribution in [3.8, 4) is 23.8 Å². The molecule has 21 heavy (non-hydrogen) atoms. The standard InChI is InChI=1S/C13H13N5O2S/c1-3-8-14-12(20)9(2)21-13-15-16-17-18(13)10-4-6-11(19)7-5-10/h1,4-7,9,19H,8H2,2H3,(H,14,20). The third-order valence-corrected chi connectivity index (χ3v) is 3.58. The molecule has 0 spiro atoms. The third kappa shape index (κ3) is 3.73. The number of benzene rings is 1. The predicted octanol–water partition coefficient (Wildman–Crippen LogP) is 0.598. The van der Waals surface area contributed by atoms with Gasteiger partial charge in [-0.1, -0.05) is 17.7 Å². The quantitative estimate of drug-likeness (QED) is 0.620. The Balaban J connectivity index is 2.12. The molecule has 0 saturated carbocycles. The molecule has 1 heterocycles. The summed E-state index contributed by atoms with van der Waals surface area (Å²) >= 11 is 1.22. The third-order valence-electron chi connectivity index (χ3n) is 2.55. The lowest BCUT2D eigenvalue weighted by Crippen LogP contribution is -2.31. The first-order valence-corrected chi connectivity index (χ1v) is 6.95. The van der Waals surface area contributed by atoms with E-state index in [0.29, 0.717) is 10.8 Å². The molecule has 1 atom stereocenters. The molecular formula is C13H13N5O2S. The van der Waals surface area contributed by atoms with Crippen LogP contribution in [0.2, 0.25) is 0 Å². The second kappa shape index (κ2) is 6.76. The first-order chi connectivity index (χ1) is 10.1. The number of amides is 1. The van der Waals surface area contributed by atoms with E-state index in [1.807, 2.05) is 0 Å². The van der Waals surface area contributed by atoms with Gasteiger partial charge in [-0.25, -0.2) is 0 Å². The summed E-state index contributed by atoms with van der Waals surface area (Å²) in [5.41, 5.74) is 0.691. The number of aromatic nitrogens is 4. The molecule has 0 aliphatic carbocycles. The molecule has 8 heteroatoms. The molecule has 7 nitrogen and oxygen atoms in total. The minimum atomic E-state index is -0.389. The summed E-state index contributed by atoms with van der Waals surface area (Å²) in [6, 6.07) is 6.43. The van der Waals surface area contributed by atoms with Crippen molar-refractivity contribution in [2.45, 2.75) is 17.3 Å². The Morgan fingerprint density at radius 3 is 2.90 bits per heavy atom. The van der Waals surface area contributed by atoms with Crippen LogP contribution in [0, 0.1) is 12.3 Å². The number of phenols is 1. The van der Waals surface area contributed by atoms with Gasteiger partial charge in [0.05, 0.1) is 17.5 Å². The molecular weight excluding hydrogens is 290 g/mol. The van der Waals surface area contributed by atoms with Gasteiger partial charge in [0, 0.05) is 0 Å². The van der Waals surface area contributed by atoms with Gasteiger partial charge in [0.1, 0.15) is 5.75 Å². The Morgan fingerprint density at radius 1 is 1.52 bits per heavy atom. The van der Waals surface area contributed by atoms with Crippen LogP contribution in [0.4, 0.5) is 0 Å². The summed E-state index contributed by atoms with van der Waals surface area (Å²) in [5.74, 6) is 2.32. The molecule has 2 aromatic rings. The van der Waals surface area contributed by atoms with Crippen LogP contribution >= 0.6 is 11.8 Å². The van der Waals surface area contributed by atoms with Crippen LogP contribution in [0.15, 0.2) is 29.4 Å². The topological polar surface area (TPSA) is 92.9 Å². The van der Waals surface area contributed by atoms with Gasteiger partial charge in [-0.3, -0.25) is 4.79 Å². The average Bonchev–Trinajstić information content (AvgIpc) is 2.93. The molecule has 2 N–H and O–H groups in total. The van der Waals surface area contributed by atoms with Gasteiger partial charge in [-0.15, -0.1) is 11.5 Å². The first kappa shape index (κ1) is 14.9. The first-order valence-electron chi connectivity index (χ1n) is 6.07. The van der Waals surface area contributed by atoms with Crippen molar-refractivity contribution in [1.82, 2.24) is 25.5 Å². The van der Waals surface area contributed by atoms with Crippen LogP contribution in [-0.2, 0) is 4.79 Å². The highest BCUT2D eigenvalue weighted by atomic mass is 32.2. The van der Waals surface area contributed by atoms with Crippen LogP contribution in [0.25, 0.3) is 5.69 Å². The Hall–Kier alpha value is -2.53. The number of tetrazole rings is 1. The van der Waals surface area contributed by atoms with Gasteiger partial charge >= 0.3 is 0 Å². The molecule has 1 aromatic heterocycles. The van der Waals surface area contributed by atoms with Crippen molar-refractivity contribution in [2.75, 3.05) is 6.54 Å². The maximum atomic E-state index is 11.8. The Kier molecular flexibility index (Phi) is 4.79. The van der Waals surface area contributed by atoms with Crippen molar-refractivity contribution in [2.24, 2.45) is 0 Å². The number of rotatable bonds is 5. The maximum Gasteiger partial charge on any atom is 0.234 e. The second-order valence-electron chi connectivity index (χ2n) is 4.07. The largest absolute Gasteiger partial charge is 0.508 e. The Bertz CT molecular complexity index is 662. The molecule has 108 valence electrons. The molecule has 0 saturated heterocycles. The summed E-state index contributed by atoms with van der Waals surface area (Å²) in [5, 5.41) is 23.4. The van der Waals surface area contributed by atoms with Gasteiger partial charge in [0.15, 0.2) is 0 Å². The number of thioether (sulfide) groups is 1. The lowest BCUT2D eigenvalue weighted by molar-refractivity contribution is -0.120. The van der Waals surface area contributed by atoms with Gasteiger partial charge < -0.3 is 10.4 Å². The number of carbonyl (C=O) groups is 1. The number of hydrogen-bond acceptors (Lipinski definition) is 6. The van der Waals surface area contributed by atoms with Crippen molar-refractivity contribution < 1.29 is 9.90 Å². The summed E-state index contributed by atoms with van der Waals surface area (Å²) in [6.07, 6.45) is 5.10. The molecule has 0 radical (unpaired) electrons. The van der Waals surface area contributed by atoms with Crippen molar-refractivity contribution in [1.29, 1.82) is 0 Å². The fourth-order valence-corrected chi connectivity index (χ4v) is 2.33. The smallest absolute Gasteiger partial charge is 0.234 e. The van der Waals surface area contributed by atoms with E-state index >= 15 is 0 Å². The highest BCUT2D eigenvalue weighted by molar-refractivity contribution is 8.00. The number of aromatic hydroxyl groups is 1. The van der Waals surface area contributed by atoms with E-state index < -0.39 is 0 Å². The molecule has 0 bridgehead atoms. The van der Waals surface area contributed by atoms with E-state index in [0.717, 1.165) is 0 Å². The van der Waals surface area contributed by atoms with E-state index in [1.165, 1.54) is 28.6 Å². The van der Waals surface area contributed by atoms with Crippen LogP contribution in [-0.4, -0.2) is 43.0 Å². The number of nitrogens with zero attached hydrogens (tertiary/aromatic N) is 4. The Labute approximate surface area is 125 Å². The van der Waals surface area contributed by atoms with Gasteiger partial charge in [0.2, 0.25) is 11.1 Å². The fraction of sp³-hybridized carbons (Fsp3) is 0.231. The average molecular weight is 303 g/mol.